The van der Waals surface area contributed by atoms with Crippen molar-refractivity contribution < 1.29 is 30.1 Å². The molecule has 0 aliphatic heterocycles. The second kappa shape index (κ2) is 8.05. The van der Waals surface area contributed by atoms with Crippen molar-refractivity contribution in [3.8, 4) is 0 Å². The van der Waals surface area contributed by atoms with Gasteiger partial charge in [0.05, 0.1) is 0 Å². The fourth-order valence-electron chi connectivity index (χ4n) is 0.212. The van der Waals surface area contributed by atoms with E-state index < -0.39 is 0 Å². The minimum atomic E-state index is -0.349. The molecule has 4 nitrogen and oxygen atoms in total. The average molecular weight is 304 g/mol. The van der Waals surface area contributed by atoms with Gasteiger partial charge in [0, 0.05) is 40.4 Å². The Labute approximate surface area is 67.7 Å². The molecule has 0 bridgehead atoms. The zero-order chi connectivity index (χ0) is 6.41. The molecule has 0 rings (SSSR count). The molecular weight excluding hydrogens is 294 g/mol. The molecule has 0 fully saturated rings. The summed E-state index contributed by atoms with van der Waals surface area (Å²) in [7, 11) is 0. The van der Waals surface area contributed by atoms with Crippen molar-refractivity contribution in [1.29, 1.82) is 0 Å². The van der Waals surface area contributed by atoms with Crippen molar-refractivity contribution in [2.24, 2.45) is 5.73 Å². The maximum Gasteiger partial charge on any atom is 0.321 e. The average Bonchev–Trinajstić information content (AvgIpc) is 1.66. The molecule has 0 atom stereocenters. The van der Waals surface area contributed by atoms with E-state index in [0.29, 0.717) is 13.1 Å². The van der Waals surface area contributed by atoms with Crippen LogP contribution in [0, 0.1) is 0 Å². The van der Waals surface area contributed by atoms with E-state index in [9.17, 15) is 4.79 Å². The normalized spacial score (nSPS) is 7.78. The van der Waals surface area contributed by atoms with Crippen molar-refractivity contribution in [1.82, 2.24) is 5.48 Å². The van der Waals surface area contributed by atoms with Gasteiger partial charge in [-0.25, -0.2) is 0 Å². The zero-order valence-electron chi connectivity index (χ0n) is 5.19. The van der Waals surface area contributed by atoms with Crippen molar-refractivity contribution in [2.45, 2.75) is 6.92 Å². The Balaban J connectivity index is 0. The summed E-state index contributed by atoms with van der Waals surface area (Å²) in [6.07, 6.45) is 0. The van der Waals surface area contributed by atoms with E-state index in [1.54, 1.807) is 0 Å². The molecule has 9 heavy (non-hydrogen) atoms. The van der Waals surface area contributed by atoms with Gasteiger partial charge >= 0.3 is 5.97 Å². The van der Waals surface area contributed by atoms with Crippen LogP contribution in [0.5, 0.6) is 0 Å². The molecule has 0 aromatic carbocycles. The van der Waals surface area contributed by atoms with Crippen LogP contribution >= 0.6 is 0 Å². The summed E-state index contributed by atoms with van der Waals surface area (Å²) >= 11 is 0. The van der Waals surface area contributed by atoms with Gasteiger partial charge in [-0.3, -0.25) is 4.79 Å². The van der Waals surface area contributed by atoms with Gasteiger partial charge in [-0.1, -0.05) is 0 Å². The quantitative estimate of drug-likeness (QED) is 0.519. The Morgan fingerprint density at radius 1 is 1.78 bits per heavy atom. The predicted octanol–water partition coefficient (Wildman–Crippen LogP) is -0.990. The molecule has 0 aromatic rings. The van der Waals surface area contributed by atoms with Crippen LogP contribution in [-0.2, 0) is 30.1 Å². The SMILES string of the molecule is CC(=O)ONCCN.[Re]. The first kappa shape index (κ1) is 11.8. The monoisotopic (exact) mass is 305 g/mol. The summed E-state index contributed by atoms with van der Waals surface area (Å²) in [6.45, 7) is 2.29. The van der Waals surface area contributed by atoms with Crippen LogP contribution in [-0.4, -0.2) is 19.1 Å². The smallest absolute Gasteiger partial charge is 0.321 e. The van der Waals surface area contributed by atoms with Gasteiger partial charge in [-0.15, -0.1) is 0 Å². The van der Waals surface area contributed by atoms with E-state index in [0.717, 1.165) is 0 Å². The first-order valence-electron chi connectivity index (χ1n) is 2.37. The molecule has 0 spiro atoms. The van der Waals surface area contributed by atoms with Crippen LogP contribution in [0.1, 0.15) is 6.92 Å². The van der Waals surface area contributed by atoms with E-state index in [4.69, 9.17) is 5.73 Å². The number of nitrogens with two attached hydrogens (primary N) is 1. The van der Waals surface area contributed by atoms with Crippen LogP contribution in [0.15, 0.2) is 0 Å². The number of hydrogen-bond donors (Lipinski definition) is 2. The van der Waals surface area contributed by atoms with Gasteiger partial charge in [0.1, 0.15) is 0 Å². The molecule has 0 saturated carbocycles. The molecule has 55 valence electrons. The number of hydroxylamine groups is 1. The van der Waals surface area contributed by atoms with Gasteiger partial charge in [0.25, 0.3) is 0 Å². The topological polar surface area (TPSA) is 64.3 Å². The van der Waals surface area contributed by atoms with Gasteiger partial charge < -0.3 is 10.6 Å². The molecule has 0 heterocycles. The number of carbonyl (C=O) groups excluding carboxylic acids is 1. The van der Waals surface area contributed by atoms with Crippen molar-refractivity contribution in [3.63, 3.8) is 0 Å². The molecule has 0 aliphatic carbocycles. The first-order valence-corrected chi connectivity index (χ1v) is 2.37. The van der Waals surface area contributed by atoms with E-state index in [1.165, 1.54) is 6.92 Å². The fourth-order valence-corrected chi connectivity index (χ4v) is 0.212. The van der Waals surface area contributed by atoms with Gasteiger partial charge in [0.2, 0.25) is 0 Å². The zero-order valence-corrected chi connectivity index (χ0v) is 7.90. The summed E-state index contributed by atoms with van der Waals surface area (Å²) in [5.41, 5.74) is 7.42. The molecule has 0 aliphatic rings. The number of rotatable bonds is 3. The van der Waals surface area contributed by atoms with Crippen molar-refractivity contribution in [3.05, 3.63) is 0 Å². The molecule has 0 aromatic heterocycles. The third-order valence-corrected chi connectivity index (χ3v) is 0.462. The van der Waals surface area contributed by atoms with E-state index in [1.807, 2.05) is 0 Å². The van der Waals surface area contributed by atoms with E-state index in [-0.39, 0.29) is 26.4 Å². The Bertz CT molecular complexity index is 79.0. The summed E-state index contributed by atoms with van der Waals surface area (Å²) in [5, 5.41) is 0. The minimum absolute atomic E-state index is 0. The van der Waals surface area contributed by atoms with Crippen LogP contribution in [0.2, 0.25) is 0 Å². The van der Waals surface area contributed by atoms with Crippen molar-refractivity contribution >= 4 is 5.97 Å². The molecule has 3 N–H and O–H groups in total. The Kier molecular flexibility index (Phi) is 10.6. The van der Waals surface area contributed by atoms with Crippen LogP contribution in [0.25, 0.3) is 0 Å². The first-order chi connectivity index (χ1) is 3.77. The van der Waals surface area contributed by atoms with Gasteiger partial charge in [0.15, 0.2) is 0 Å². The Morgan fingerprint density at radius 2 is 2.33 bits per heavy atom. The number of hydrogen-bond acceptors (Lipinski definition) is 4. The van der Waals surface area contributed by atoms with Crippen LogP contribution < -0.4 is 11.2 Å². The summed E-state index contributed by atoms with van der Waals surface area (Å²) < 4.78 is 0. The molecule has 1 radical (unpaired) electrons. The van der Waals surface area contributed by atoms with Crippen LogP contribution in [0.3, 0.4) is 0 Å². The molecule has 0 unspecified atom stereocenters. The van der Waals surface area contributed by atoms with Gasteiger partial charge in [-0.05, 0) is 0 Å². The summed E-state index contributed by atoms with van der Waals surface area (Å²) in [4.78, 5) is 14.3. The van der Waals surface area contributed by atoms with Crippen molar-refractivity contribution in [2.75, 3.05) is 13.1 Å². The minimum Gasteiger partial charge on any atom is -0.371 e. The predicted molar refractivity (Wildman–Crippen MR) is 28.8 cm³/mol. The molecule has 0 saturated heterocycles. The molecular formula is C4H10N2O2Re. The standard InChI is InChI=1S/C4H10N2O2.Re/c1-4(7)8-6-3-2-5;/h6H,2-3,5H2,1H3;. The maximum atomic E-state index is 9.99. The van der Waals surface area contributed by atoms with Gasteiger partial charge in [-0.2, -0.15) is 5.48 Å². The second-order valence-electron chi connectivity index (χ2n) is 1.28. The van der Waals surface area contributed by atoms with E-state index >= 15 is 0 Å². The maximum absolute atomic E-state index is 9.99. The number of nitrogens with one attached hydrogen (secondary N) is 1. The van der Waals surface area contributed by atoms with E-state index in [2.05, 4.69) is 10.3 Å². The molecule has 0 amide bonds. The second-order valence-corrected chi connectivity index (χ2v) is 1.28. The Hall–Kier alpha value is 0.0523. The third-order valence-electron chi connectivity index (χ3n) is 0.462. The summed E-state index contributed by atoms with van der Waals surface area (Å²) in [5.74, 6) is -0.349. The third kappa shape index (κ3) is 11.6. The Morgan fingerprint density at radius 3 is 2.67 bits per heavy atom. The fraction of sp³-hybridized carbons (Fsp3) is 0.750. The van der Waals surface area contributed by atoms with Crippen LogP contribution in [0.4, 0.5) is 0 Å². The largest absolute Gasteiger partial charge is 0.371 e. The number of carbonyl (C=O) groups is 1. The summed E-state index contributed by atoms with van der Waals surface area (Å²) in [6, 6.07) is 0. The molecule has 5 heteroatoms.